The molecule has 0 aromatic carbocycles. The molecular weight excluding hydrogens is 441 g/mol. The van der Waals surface area contributed by atoms with Crippen molar-refractivity contribution < 1.29 is 36.9 Å². The summed E-state index contributed by atoms with van der Waals surface area (Å²) in [7, 11) is -4.08. The molecule has 1 fully saturated rings. The van der Waals surface area contributed by atoms with E-state index in [1.807, 2.05) is 0 Å². The van der Waals surface area contributed by atoms with E-state index in [0.717, 1.165) is 18.4 Å². The van der Waals surface area contributed by atoms with Crippen molar-refractivity contribution in [3.63, 3.8) is 0 Å². The molecule has 29 heavy (non-hydrogen) atoms. The number of nitrogens with one attached hydrogen (secondary N) is 1. The molecule has 13 nitrogen and oxygen atoms in total. The van der Waals surface area contributed by atoms with E-state index in [9.17, 15) is 22.8 Å². The van der Waals surface area contributed by atoms with Gasteiger partial charge in [-0.15, -0.1) is 11.3 Å². The summed E-state index contributed by atoms with van der Waals surface area (Å²) in [6.45, 7) is 3.31. The van der Waals surface area contributed by atoms with Crippen LogP contribution in [-0.2, 0) is 34.3 Å². The SMILES string of the molecule is COC(=O)C1C(NC(=O)/C(=N\OC(C)C)c2csc(N)n2)C(=O)N1S(=O)(=O)O.[NaH]. The molecule has 2 unspecified atom stereocenters. The molecule has 1 aliphatic heterocycles. The van der Waals surface area contributed by atoms with Gasteiger partial charge in [0.1, 0.15) is 17.8 Å². The monoisotopic (exact) mass is 459 g/mol. The van der Waals surface area contributed by atoms with Gasteiger partial charge in [-0.25, -0.2) is 9.78 Å². The van der Waals surface area contributed by atoms with Gasteiger partial charge in [0.25, 0.3) is 11.8 Å². The fraction of sp³-hybridized carbons (Fsp3) is 0.462. The van der Waals surface area contributed by atoms with Gasteiger partial charge in [0.05, 0.1) is 7.11 Å². The number of oxime groups is 1. The number of carbonyl (C=O) groups excluding carboxylic acids is 3. The Bertz CT molecular complexity index is 931. The van der Waals surface area contributed by atoms with E-state index in [2.05, 4.69) is 20.2 Å². The number of methoxy groups -OCH3 is 1. The summed E-state index contributed by atoms with van der Waals surface area (Å²) in [5.74, 6) is -3.36. The summed E-state index contributed by atoms with van der Waals surface area (Å²) in [5.41, 5.74) is 5.25. The van der Waals surface area contributed by atoms with Crippen molar-refractivity contribution in [3.8, 4) is 0 Å². The number of hydrogen-bond acceptors (Lipinski definition) is 11. The Kier molecular flexibility index (Phi) is 8.55. The van der Waals surface area contributed by atoms with E-state index >= 15 is 0 Å². The number of rotatable bonds is 7. The molecule has 2 heterocycles. The predicted molar refractivity (Wildman–Crippen MR) is 103 cm³/mol. The normalized spacial score (nSPS) is 19.3. The molecule has 156 valence electrons. The van der Waals surface area contributed by atoms with Crippen LogP contribution < -0.4 is 11.1 Å². The minimum absolute atomic E-state index is 0. The average molecular weight is 459 g/mol. The second-order valence-electron chi connectivity index (χ2n) is 5.70. The fourth-order valence-corrected chi connectivity index (χ4v) is 3.57. The zero-order valence-corrected chi connectivity index (χ0v) is 16.5. The number of hydrogen-bond donors (Lipinski definition) is 3. The first-order valence-corrected chi connectivity index (χ1v) is 9.89. The second-order valence-corrected chi connectivity index (χ2v) is 7.87. The topological polar surface area (TPSA) is 191 Å². The Hall–Kier alpha value is -1.78. The second kappa shape index (κ2) is 9.82. The molecule has 16 heteroatoms. The Morgan fingerprint density at radius 3 is 2.52 bits per heavy atom. The van der Waals surface area contributed by atoms with E-state index in [0.29, 0.717) is 0 Å². The van der Waals surface area contributed by atoms with Crippen LogP contribution in [0.5, 0.6) is 0 Å². The summed E-state index contributed by atoms with van der Waals surface area (Å²) < 4.78 is 36.0. The van der Waals surface area contributed by atoms with Gasteiger partial charge in [-0.3, -0.25) is 14.1 Å². The molecule has 2 atom stereocenters. The van der Waals surface area contributed by atoms with Crippen LogP contribution >= 0.6 is 11.3 Å². The Morgan fingerprint density at radius 2 is 2.07 bits per heavy atom. The van der Waals surface area contributed by atoms with Crippen LogP contribution in [0.1, 0.15) is 19.5 Å². The Balaban J connectivity index is 0.00000420. The first kappa shape index (κ1) is 25.3. The number of carbonyl (C=O) groups is 3. The third-order valence-corrected chi connectivity index (χ3v) is 4.94. The van der Waals surface area contributed by atoms with Crippen molar-refractivity contribution in [1.29, 1.82) is 0 Å². The van der Waals surface area contributed by atoms with Crippen molar-refractivity contribution in [3.05, 3.63) is 11.1 Å². The molecule has 0 aliphatic carbocycles. The molecule has 2 rings (SSSR count). The molecular formula is C13H18N5NaO8S2. The van der Waals surface area contributed by atoms with Crippen molar-refractivity contribution in [2.75, 3.05) is 12.8 Å². The van der Waals surface area contributed by atoms with Crippen molar-refractivity contribution >= 4 is 79.8 Å². The van der Waals surface area contributed by atoms with Crippen molar-refractivity contribution in [2.24, 2.45) is 5.16 Å². The van der Waals surface area contributed by atoms with E-state index in [4.69, 9.17) is 15.1 Å². The van der Waals surface area contributed by atoms with Crippen molar-refractivity contribution in [2.45, 2.75) is 32.0 Å². The number of ether oxygens (including phenoxy) is 1. The number of nitrogen functional groups attached to an aromatic ring is 1. The number of amides is 2. The molecule has 1 saturated heterocycles. The Morgan fingerprint density at radius 1 is 1.45 bits per heavy atom. The number of nitrogens with two attached hydrogens (primary N) is 1. The van der Waals surface area contributed by atoms with Crippen LogP contribution in [0.2, 0.25) is 0 Å². The van der Waals surface area contributed by atoms with Gasteiger partial charge >= 0.3 is 45.8 Å². The quantitative estimate of drug-likeness (QED) is 0.101. The molecule has 0 bridgehead atoms. The third-order valence-electron chi connectivity index (χ3n) is 3.36. The molecule has 0 saturated carbocycles. The molecule has 1 aromatic rings. The Labute approximate surface area is 191 Å². The number of nitrogens with zero attached hydrogens (tertiary/aromatic N) is 3. The molecule has 4 N–H and O–H groups in total. The minimum atomic E-state index is -5.03. The van der Waals surface area contributed by atoms with E-state index in [1.165, 1.54) is 5.38 Å². The summed E-state index contributed by atoms with van der Waals surface area (Å²) in [6.07, 6.45) is -0.387. The summed E-state index contributed by atoms with van der Waals surface area (Å²) in [6, 6.07) is -3.38. The molecule has 0 radical (unpaired) electrons. The zero-order chi connectivity index (χ0) is 21.2. The number of thiazole rings is 1. The van der Waals surface area contributed by atoms with E-state index < -0.39 is 40.2 Å². The van der Waals surface area contributed by atoms with E-state index in [1.54, 1.807) is 13.8 Å². The summed E-state index contributed by atoms with van der Waals surface area (Å²) in [4.78, 5) is 45.4. The van der Waals surface area contributed by atoms with Crippen LogP contribution in [0, 0.1) is 0 Å². The number of aromatic nitrogens is 1. The number of β-lactam (4-membered cyclic amide) rings is 1. The standard InChI is InChI=1S/C13H17N5O8S2.Na.H/c1-5(2)26-17-7(6-4-27-13(14)15-6)10(19)16-8-9(12(21)25-3)18(11(8)20)28(22,23)24;;/h4-5,8-9H,1-3H3,(H2,14,15)(H,16,19)(H,22,23,24);;/b17-7-;;. The van der Waals surface area contributed by atoms with Gasteiger partial charge in [0.15, 0.2) is 16.9 Å². The summed E-state index contributed by atoms with van der Waals surface area (Å²) >= 11 is 1.03. The fourth-order valence-electron chi connectivity index (χ4n) is 2.18. The molecule has 2 amide bonds. The predicted octanol–water partition coefficient (Wildman–Crippen LogP) is -2.12. The third kappa shape index (κ3) is 5.64. The zero-order valence-electron chi connectivity index (χ0n) is 14.8. The maximum absolute atomic E-state index is 12.6. The molecule has 0 spiro atoms. The first-order valence-electron chi connectivity index (χ1n) is 7.62. The van der Waals surface area contributed by atoms with Crippen LogP contribution in [-0.4, -0.2) is 101 Å². The van der Waals surface area contributed by atoms with Crippen LogP contribution in [0.3, 0.4) is 0 Å². The van der Waals surface area contributed by atoms with Crippen LogP contribution in [0.25, 0.3) is 0 Å². The van der Waals surface area contributed by atoms with Gasteiger partial charge in [0, 0.05) is 5.38 Å². The number of anilines is 1. The molecule has 1 aromatic heterocycles. The van der Waals surface area contributed by atoms with Gasteiger partial charge < -0.3 is 20.6 Å². The van der Waals surface area contributed by atoms with Crippen LogP contribution in [0.15, 0.2) is 10.5 Å². The van der Waals surface area contributed by atoms with Gasteiger partial charge in [-0.05, 0) is 13.8 Å². The van der Waals surface area contributed by atoms with Gasteiger partial charge in [-0.2, -0.15) is 12.7 Å². The van der Waals surface area contributed by atoms with Crippen molar-refractivity contribution in [1.82, 2.24) is 14.6 Å². The van der Waals surface area contributed by atoms with Crippen LogP contribution in [0.4, 0.5) is 5.13 Å². The maximum atomic E-state index is 12.6. The first-order chi connectivity index (χ1) is 13.0. The number of esters is 1. The van der Waals surface area contributed by atoms with Gasteiger partial charge in [0.2, 0.25) is 0 Å². The molecule has 1 aliphatic rings. The average Bonchev–Trinajstić information content (AvgIpc) is 3.01. The van der Waals surface area contributed by atoms with Gasteiger partial charge in [-0.1, -0.05) is 5.16 Å². The van der Waals surface area contributed by atoms with E-state index in [-0.39, 0.29) is 56.5 Å². The summed E-state index contributed by atoms with van der Waals surface area (Å²) in [5, 5.41) is 7.42.